The smallest absolute Gasteiger partial charge is 0.132 e. The highest BCUT2D eigenvalue weighted by molar-refractivity contribution is 5.60. The third-order valence-electron chi connectivity index (χ3n) is 6.70. The van der Waals surface area contributed by atoms with Gasteiger partial charge in [-0.15, -0.1) is 0 Å². The minimum Gasteiger partial charge on any atom is -0.256 e. The van der Waals surface area contributed by atoms with Crippen molar-refractivity contribution >= 4 is 0 Å². The van der Waals surface area contributed by atoms with E-state index >= 15 is 0 Å². The maximum absolute atomic E-state index is 14.7. The zero-order valence-corrected chi connectivity index (χ0v) is 18.4. The molecule has 0 N–H and O–H groups in total. The molecule has 1 aromatic carbocycles. The zero-order valence-electron chi connectivity index (χ0n) is 18.4. The number of unbranched alkanes of at least 4 members (excludes halogenated alkanes) is 2. The molecule has 0 atom stereocenters. The molecule has 1 aromatic heterocycles. The monoisotopic (exact) mass is 395 g/mol. The molecule has 3 rings (SSSR count). The van der Waals surface area contributed by atoms with Crippen LogP contribution < -0.4 is 0 Å². The lowest BCUT2D eigenvalue weighted by Gasteiger charge is -2.28. The van der Waals surface area contributed by atoms with Gasteiger partial charge in [-0.05, 0) is 60.4 Å². The van der Waals surface area contributed by atoms with Crippen LogP contribution in [0.2, 0.25) is 0 Å². The second-order valence-corrected chi connectivity index (χ2v) is 9.04. The Balaban J connectivity index is 1.48. The Morgan fingerprint density at radius 2 is 1.55 bits per heavy atom. The van der Waals surface area contributed by atoms with Gasteiger partial charge in [0.1, 0.15) is 5.82 Å². The lowest BCUT2D eigenvalue weighted by molar-refractivity contribution is 0.249. The predicted molar refractivity (Wildman–Crippen MR) is 122 cm³/mol. The Morgan fingerprint density at radius 1 is 0.828 bits per heavy atom. The summed E-state index contributed by atoms with van der Waals surface area (Å²) in [6.07, 6.45) is 17.3. The average molecular weight is 396 g/mol. The Kier molecular flexibility index (Phi) is 8.70. The van der Waals surface area contributed by atoms with E-state index in [4.69, 9.17) is 0 Å². The van der Waals surface area contributed by atoms with Gasteiger partial charge in [0.05, 0.1) is 5.69 Å². The fourth-order valence-corrected chi connectivity index (χ4v) is 4.80. The van der Waals surface area contributed by atoms with Gasteiger partial charge in [-0.25, -0.2) is 4.39 Å². The summed E-state index contributed by atoms with van der Waals surface area (Å²) >= 11 is 0. The van der Waals surface area contributed by atoms with E-state index in [-0.39, 0.29) is 5.82 Å². The molecule has 0 saturated heterocycles. The molecule has 29 heavy (non-hydrogen) atoms. The van der Waals surface area contributed by atoms with Gasteiger partial charge in [-0.3, -0.25) is 4.98 Å². The van der Waals surface area contributed by atoms with E-state index in [1.54, 1.807) is 6.07 Å². The molecule has 0 aliphatic heterocycles. The first-order chi connectivity index (χ1) is 14.2. The van der Waals surface area contributed by atoms with Crippen LogP contribution in [0.1, 0.15) is 89.2 Å². The molecule has 0 radical (unpaired) electrons. The standard InChI is InChI=1S/C27H38FN/c1-3-5-6-8-21-9-11-22(12-10-21)13-14-23-15-17-25(26(28)19-23)27-18-16-24(7-4-2)20-29-27/h15-22H,3-14H2,1-2H3. The molecule has 1 aliphatic rings. The number of hydrogen-bond donors (Lipinski definition) is 0. The molecule has 1 saturated carbocycles. The third kappa shape index (κ3) is 6.66. The molecule has 0 spiro atoms. The van der Waals surface area contributed by atoms with Gasteiger partial charge in [-0.1, -0.05) is 83.8 Å². The highest BCUT2D eigenvalue weighted by Crippen LogP contribution is 2.34. The van der Waals surface area contributed by atoms with E-state index in [9.17, 15) is 4.39 Å². The van der Waals surface area contributed by atoms with E-state index in [1.807, 2.05) is 18.3 Å². The normalized spacial score (nSPS) is 19.4. The number of aromatic nitrogens is 1. The molecular formula is C27H38FN. The van der Waals surface area contributed by atoms with Crippen LogP contribution in [-0.2, 0) is 12.8 Å². The van der Waals surface area contributed by atoms with E-state index in [2.05, 4.69) is 31.0 Å². The van der Waals surface area contributed by atoms with Gasteiger partial charge in [0.2, 0.25) is 0 Å². The summed E-state index contributed by atoms with van der Waals surface area (Å²) < 4.78 is 14.7. The van der Waals surface area contributed by atoms with Gasteiger partial charge in [0.15, 0.2) is 0 Å². The van der Waals surface area contributed by atoms with Crippen LogP contribution in [0.4, 0.5) is 4.39 Å². The van der Waals surface area contributed by atoms with Crippen molar-refractivity contribution in [2.75, 3.05) is 0 Å². The van der Waals surface area contributed by atoms with Crippen molar-refractivity contribution < 1.29 is 4.39 Å². The molecule has 2 aromatic rings. The highest BCUT2D eigenvalue weighted by Gasteiger charge is 2.20. The van der Waals surface area contributed by atoms with Gasteiger partial charge in [0, 0.05) is 11.8 Å². The van der Waals surface area contributed by atoms with E-state index < -0.39 is 0 Å². The summed E-state index contributed by atoms with van der Waals surface area (Å²) in [6, 6.07) is 9.75. The highest BCUT2D eigenvalue weighted by atomic mass is 19.1. The maximum Gasteiger partial charge on any atom is 0.132 e. The number of aryl methyl sites for hydroxylation is 2. The fraction of sp³-hybridized carbons (Fsp3) is 0.593. The third-order valence-corrected chi connectivity index (χ3v) is 6.70. The quantitative estimate of drug-likeness (QED) is 0.370. The van der Waals surface area contributed by atoms with Gasteiger partial charge >= 0.3 is 0 Å². The van der Waals surface area contributed by atoms with Crippen molar-refractivity contribution in [2.24, 2.45) is 11.8 Å². The summed E-state index contributed by atoms with van der Waals surface area (Å²) in [5.74, 6) is 1.65. The van der Waals surface area contributed by atoms with Crippen LogP contribution >= 0.6 is 0 Å². The maximum atomic E-state index is 14.7. The molecule has 0 unspecified atom stereocenters. The SMILES string of the molecule is CCCCCC1CCC(CCc2ccc(-c3ccc(CCC)cn3)c(F)c2)CC1. The van der Waals surface area contributed by atoms with Crippen LogP contribution in [0.15, 0.2) is 36.5 Å². The first kappa shape index (κ1) is 22.0. The Hall–Kier alpha value is -1.70. The summed E-state index contributed by atoms with van der Waals surface area (Å²) in [7, 11) is 0. The minimum atomic E-state index is -0.141. The number of hydrogen-bond acceptors (Lipinski definition) is 1. The number of rotatable bonds is 10. The van der Waals surface area contributed by atoms with Crippen molar-refractivity contribution in [1.29, 1.82) is 0 Å². The fourth-order valence-electron chi connectivity index (χ4n) is 4.80. The lowest BCUT2D eigenvalue weighted by Crippen LogP contribution is -2.15. The molecule has 1 fully saturated rings. The first-order valence-corrected chi connectivity index (χ1v) is 11.9. The molecular weight excluding hydrogens is 357 g/mol. The van der Waals surface area contributed by atoms with E-state index in [0.29, 0.717) is 5.56 Å². The van der Waals surface area contributed by atoms with Crippen molar-refractivity contribution in [3.05, 3.63) is 53.5 Å². The average Bonchev–Trinajstić information content (AvgIpc) is 2.74. The minimum absolute atomic E-state index is 0.141. The Labute approximate surface area is 177 Å². The number of nitrogens with zero attached hydrogens (tertiary/aromatic N) is 1. The molecule has 1 aliphatic carbocycles. The lowest BCUT2D eigenvalue weighted by atomic mass is 9.78. The largest absolute Gasteiger partial charge is 0.256 e. The molecule has 0 bridgehead atoms. The number of pyridine rings is 1. The van der Waals surface area contributed by atoms with Crippen LogP contribution in [-0.4, -0.2) is 4.98 Å². The van der Waals surface area contributed by atoms with Crippen molar-refractivity contribution in [3.63, 3.8) is 0 Å². The van der Waals surface area contributed by atoms with Crippen molar-refractivity contribution in [3.8, 4) is 11.3 Å². The first-order valence-electron chi connectivity index (χ1n) is 11.9. The summed E-state index contributed by atoms with van der Waals surface area (Å²) in [4.78, 5) is 4.47. The van der Waals surface area contributed by atoms with E-state index in [0.717, 1.165) is 42.4 Å². The van der Waals surface area contributed by atoms with E-state index in [1.165, 1.54) is 63.4 Å². The Bertz CT molecular complexity index is 729. The molecule has 1 nitrogen and oxygen atoms in total. The van der Waals surface area contributed by atoms with Crippen molar-refractivity contribution in [2.45, 2.75) is 90.9 Å². The predicted octanol–water partition coefficient (Wildman–Crippen LogP) is 8.16. The topological polar surface area (TPSA) is 12.9 Å². The summed E-state index contributed by atoms with van der Waals surface area (Å²) in [5.41, 5.74) is 3.69. The van der Waals surface area contributed by atoms with Crippen LogP contribution in [0, 0.1) is 17.7 Å². The van der Waals surface area contributed by atoms with Gasteiger partial charge < -0.3 is 0 Å². The summed E-state index contributed by atoms with van der Waals surface area (Å²) in [5, 5.41) is 0. The number of benzene rings is 1. The number of halogens is 1. The van der Waals surface area contributed by atoms with Crippen LogP contribution in [0.3, 0.4) is 0 Å². The second kappa shape index (κ2) is 11.5. The van der Waals surface area contributed by atoms with Gasteiger partial charge in [0.25, 0.3) is 0 Å². The Morgan fingerprint density at radius 3 is 2.17 bits per heavy atom. The van der Waals surface area contributed by atoms with Crippen LogP contribution in [0.5, 0.6) is 0 Å². The zero-order chi connectivity index (χ0) is 20.5. The van der Waals surface area contributed by atoms with Crippen molar-refractivity contribution in [1.82, 2.24) is 4.98 Å². The molecule has 1 heterocycles. The summed E-state index contributed by atoms with van der Waals surface area (Å²) in [6.45, 7) is 4.44. The second-order valence-electron chi connectivity index (χ2n) is 9.04. The molecule has 0 amide bonds. The molecule has 158 valence electrons. The van der Waals surface area contributed by atoms with Gasteiger partial charge in [-0.2, -0.15) is 0 Å². The van der Waals surface area contributed by atoms with Crippen LogP contribution in [0.25, 0.3) is 11.3 Å². The molecule has 2 heteroatoms.